The number of hydrogen-bond acceptors (Lipinski definition) is 4. The van der Waals surface area contributed by atoms with Crippen LogP contribution < -0.4 is 0 Å². The van der Waals surface area contributed by atoms with E-state index >= 15 is 0 Å². The van der Waals surface area contributed by atoms with Crippen molar-refractivity contribution in [3.8, 4) is 0 Å². The number of amides is 1. The molecule has 0 radical (unpaired) electrons. The van der Waals surface area contributed by atoms with Crippen molar-refractivity contribution in [1.29, 1.82) is 0 Å². The number of likely N-dealkylation sites (tertiary alicyclic amines) is 2. The van der Waals surface area contributed by atoms with Crippen molar-refractivity contribution in [2.45, 2.75) is 38.0 Å². The average molecular weight is 277 g/mol. The molecule has 1 amide bonds. The first-order valence-electron chi connectivity index (χ1n) is 7.73. The molecule has 20 heavy (non-hydrogen) atoms. The van der Waals surface area contributed by atoms with Gasteiger partial charge in [0.2, 0.25) is 5.91 Å². The van der Waals surface area contributed by atoms with Crippen LogP contribution >= 0.6 is 0 Å². The van der Waals surface area contributed by atoms with Crippen LogP contribution in [0.2, 0.25) is 0 Å². The molecule has 110 valence electrons. The Morgan fingerprint density at radius 1 is 1.20 bits per heavy atom. The molecule has 5 heteroatoms. The Morgan fingerprint density at radius 2 is 1.95 bits per heavy atom. The zero-order chi connectivity index (χ0) is 13.8. The van der Waals surface area contributed by atoms with Crippen molar-refractivity contribution in [1.82, 2.24) is 15.0 Å². The van der Waals surface area contributed by atoms with Crippen LogP contribution in [-0.2, 0) is 4.79 Å². The summed E-state index contributed by atoms with van der Waals surface area (Å²) in [4.78, 5) is 16.6. The quantitative estimate of drug-likeness (QED) is 0.846. The maximum Gasteiger partial charge on any atom is 0.236 e. The molecule has 0 aromatic carbocycles. The van der Waals surface area contributed by atoms with E-state index in [4.69, 9.17) is 4.52 Å². The number of hydrogen-bond donors (Lipinski definition) is 0. The molecule has 2 aliphatic rings. The van der Waals surface area contributed by atoms with E-state index in [-0.39, 0.29) is 0 Å². The van der Waals surface area contributed by atoms with Gasteiger partial charge >= 0.3 is 0 Å². The lowest BCUT2D eigenvalue weighted by atomic mass is 9.94. The summed E-state index contributed by atoms with van der Waals surface area (Å²) < 4.78 is 4.91. The first-order valence-corrected chi connectivity index (χ1v) is 7.73. The third-order valence-electron chi connectivity index (χ3n) is 4.53. The summed E-state index contributed by atoms with van der Waals surface area (Å²) in [7, 11) is 0. The van der Waals surface area contributed by atoms with Gasteiger partial charge in [0.05, 0.1) is 12.2 Å². The Morgan fingerprint density at radius 3 is 2.60 bits per heavy atom. The zero-order valence-corrected chi connectivity index (χ0v) is 12.0. The highest BCUT2D eigenvalue weighted by atomic mass is 16.5. The average Bonchev–Trinajstić information content (AvgIpc) is 3.03. The van der Waals surface area contributed by atoms with Crippen molar-refractivity contribution in [2.24, 2.45) is 0 Å². The number of carbonyl (C=O) groups is 1. The Balaban J connectivity index is 1.45. The van der Waals surface area contributed by atoms with Gasteiger partial charge in [0.25, 0.3) is 0 Å². The third-order valence-corrected chi connectivity index (χ3v) is 4.53. The second-order valence-corrected chi connectivity index (χ2v) is 5.92. The highest BCUT2D eigenvalue weighted by Gasteiger charge is 2.25. The van der Waals surface area contributed by atoms with Crippen LogP contribution in [-0.4, -0.2) is 53.6 Å². The molecule has 1 aromatic heterocycles. The van der Waals surface area contributed by atoms with E-state index in [0.717, 1.165) is 44.7 Å². The molecule has 0 saturated carbocycles. The smallest absolute Gasteiger partial charge is 0.236 e. The van der Waals surface area contributed by atoms with Crippen molar-refractivity contribution in [2.75, 3.05) is 32.7 Å². The lowest BCUT2D eigenvalue weighted by molar-refractivity contribution is -0.133. The molecule has 0 atom stereocenters. The summed E-state index contributed by atoms with van der Waals surface area (Å²) in [5.74, 6) is 0.805. The predicted molar refractivity (Wildman–Crippen MR) is 75.3 cm³/mol. The number of aromatic nitrogens is 1. The van der Waals surface area contributed by atoms with Gasteiger partial charge in [-0.1, -0.05) is 5.16 Å². The molecule has 3 rings (SSSR count). The molecule has 5 nitrogen and oxygen atoms in total. The maximum absolute atomic E-state index is 12.2. The molecule has 2 fully saturated rings. The van der Waals surface area contributed by atoms with Crippen LogP contribution in [0.25, 0.3) is 0 Å². The predicted octanol–water partition coefficient (Wildman–Crippen LogP) is 1.87. The topological polar surface area (TPSA) is 49.6 Å². The molecular weight excluding hydrogens is 254 g/mol. The lowest BCUT2D eigenvalue weighted by Gasteiger charge is -2.33. The number of carbonyl (C=O) groups excluding carboxylic acids is 1. The van der Waals surface area contributed by atoms with Crippen LogP contribution in [0.3, 0.4) is 0 Å². The summed E-state index contributed by atoms with van der Waals surface area (Å²) >= 11 is 0. The van der Waals surface area contributed by atoms with E-state index in [9.17, 15) is 4.79 Å². The fraction of sp³-hybridized carbons (Fsp3) is 0.733. The Labute approximate surface area is 119 Å². The van der Waals surface area contributed by atoms with Gasteiger partial charge in [-0.25, -0.2) is 0 Å². The Kier molecular flexibility index (Phi) is 4.35. The largest absolute Gasteiger partial charge is 0.365 e. The minimum atomic E-state index is 0.310. The normalized spacial score (nSPS) is 22.1. The molecule has 3 heterocycles. The summed E-state index contributed by atoms with van der Waals surface area (Å²) in [6.45, 7) is 4.46. The van der Waals surface area contributed by atoms with E-state index in [1.807, 2.05) is 11.0 Å². The van der Waals surface area contributed by atoms with E-state index in [1.165, 1.54) is 19.3 Å². The van der Waals surface area contributed by atoms with Crippen molar-refractivity contribution < 1.29 is 9.32 Å². The highest BCUT2D eigenvalue weighted by Crippen LogP contribution is 2.26. The van der Waals surface area contributed by atoms with Gasteiger partial charge in [0.1, 0.15) is 6.26 Å². The van der Waals surface area contributed by atoms with Crippen molar-refractivity contribution in [3.63, 3.8) is 0 Å². The Hall–Kier alpha value is -1.36. The number of rotatable bonds is 3. The molecule has 0 spiro atoms. The van der Waals surface area contributed by atoms with Gasteiger partial charge in [0.15, 0.2) is 0 Å². The van der Waals surface area contributed by atoms with Crippen molar-refractivity contribution >= 4 is 5.91 Å². The molecule has 2 saturated heterocycles. The first-order chi connectivity index (χ1) is 9.83. The number of nitrogens with zero attached hydrogens (tertiary/aromatic N) is 3. The van der Waals surface area contributed by atoms with Crippen LogP contribution in [0.15, 0.2) is 16.9 Å². The molecule has 0 unspecified atom stereocenters. The first kappa shape index (κ1) is 13.6. The molecule has 2 aliphatic heterocycles. The van der Waals surface area contributed by atoms with Crippen LogP contribution in [0.1, 0.15) is 43.7 Å². The van der Waals surface area contributed by atoms with Gasteiger partial charge in [-0.2, -0.15) is 0 Å². The summed E-state index contributed by atoms with van der Waals surface area (Å²) in [5.41, 5.74) is 1.06. The van der Waals surface area contributed by atoms with Gasteiger partial charge < -0.3 is 9.42 Å². The van der Waals surface area contributed by atoms with Crippen LogP contribution in [0, 0.1) is 0 Å². The minimum Gasteiger partial charge on any atom is -0.365 e. The van der Waals surface area contributed by atoms with Gasteiger partial charge in [-0.05, 0) is 45.2 Å². The fourth-order valence-corrected chi connectivity index (χ4v) is 3.25. The second kappa shape index (κ2) is 6.39. The van der Waals surface area contributed by atoms with E-state index in [0.29, 0.717) is 18.4 Å². The van der Waals surface area contributed by atoms with E-state index in [1.54, 1.807) is 6.26 Å². The monoisotopic (exact) mass is 277 g/mol. The molecular formula is C15H23N3O2. The van der Waals surface area contributed by atoms with Gasteiger partial charge in [-0.3, -0.25) is 9.69 Å². The maximum atomic E-state index is 12.2. The summed E-state index contributed by atoms with van der Waals surface area (Å²) in [6, 6.07) is 1.96. The molecule has 0 aliphatic carbocycles. The van der Waals surface area contributed by atoms with Crippen molar-refractivity contribution in [3.05, 3.63) is 18.0 Å². The molecule has 0 bridgehead atoms. The lowest BCUT2D eigenvalue weighted by Crippen LogP contribution is -2.44. The van der Waals surface area contributed by atoms with E-state index < -0.39 is 0 Å². The summed E-state index contributed by atoms with van der Waals surface area (Å²) in [6.07, 6.45) is 7.38. The zero-order valence-electron chi connectivity index (χ0n) is 12.0. The number of piperidine rings is 2. The molecule has 1 aromatic rings. The highest BCUT2D eigenvalue weighted by molar-refractivity contribution is 5.78. The van der Waals surface area contributed by atoms with Crippen LogP contribution in [0.4, 0.5) is 0 Å². The summed E-state index contributed by atoms with van der Waals surface area (Å²) in [5, 5.41) is 4.03. The van der Waals surface area contributed by atoms with Gasteiger partial charge in [0, 0.05) is 25.1 Å². The second-order valence-electron chi connectivity index (χ2n) is 5.92. The standard InChI is InChI=1S/C15H23N3O2/c19-15(18-7-2-1-3-8-18)12-17-9-4-13(5-10-17)14-6-11-20-16-14/h6,11,13H,1-5,7-10,12H2. The third kappa shape index (κ3) is 3.20. The fourth-order valence-electron chi connectivity index (χ4n) is 3.25. The van der Waals surface area contributed by atoms with Gasteiger partial charge in [-0.15, -0.1) is 0 Å². The minimum absolute atomic E-state index is 0.310. The molecule has 0 N–H and O–H groups in total. The van der Waals surface area contributed by atoms with E-state index in [2.05, 4.69) is 10.1 Å². The Bertz CT molecular complexity index is 418. The SMILES string of the molecule is O=C(CN1CCC(c2ccon2)CC1)N1CCCCC1. The van der Waals surface area contributed by atoms with Crippen LogP contribution in [0.5, 0.6) is 0 Å².